The van der Waals surface area contributed by atoms with E-state index < -0.39 is 0 Å². The topological polar surface area (TPSA) is 0 Å². The Morgan fingerprint density at radius 3 is 2.73 bits per heavy atom. The number of thioether (sulfide) groups is 2. The van der Waals surface area contributed by atoms with E-state index >= 15 is 0 Å². The van der Waals surface area contributed by atoms with Gasteiger partial charge in [-0.1, -0.05) is 12.5 Å². The van der Waals surface area contributed by atoms with Crippen molar-refractivity contribution >= 4 is 23.5 Å². The lowest BCUT2D eigenvalue weighted by atomic mass is 10.1. The van der Waals surface area contributed by atoms with E-state index in [1.165, 1.54) is 6.42 Å². The lowest BCUT2D eigenvalue weighted by molar-refractivity contribution is 0.944. The molecule has 0 N–H and O–H groups in total. The van der Waals surface area contributed by atoms with Gasteiger partial charge in [0.05, 0.1) is 0 Å². The van der Waals surface area contributed by atoms with E-state index in [0.717, 1.165) is 10.5 Å². The molecule has 60 valence electrons. The van der Waals surface area contributed by atoms with E-state index in [1.54, 1.807) is 11.1 Å². The van der Waals surface area contributed by atoms with Crippen LogP contribution >= 0.6 is 23.5 Å². The van der Waals surface area contributed by atoms with Crippen LogP contribution in [-0.2, 0) is 0 Å². The minimum Gasteiger partial charge on any atom is -0.125 e. The smallest absolute Gasteiger partial charge is 0.0465 e. The van der Waals surface area contributed by atoms with Gasteiger partial charge in [0.25, 0.3) is 0 Å². The van der Waals surface area contributed by atoms with Gasteiger partial charge in [0, 0.05) is 10.5 Å². The molecule has 0 aromatic carbocycles. The largest absolute Gasteiger partial charge is 0.125 e. The summed E-state index contributed by atoms with van der Waals surface area (Å²) in [6, 6.07) is 0. The molecular formula is C9H12S2. The lowest BCUT2D eigenvalue weighted by Crippen LogP contribution is -2.13. The van der Waals surface area contributed by atoms with Gasteiger partial charge in [-0.05, 0) is 29.7 Å². The highest BCUT2D eigenvalue weighted by Gasteiger charge is 2.34. The van der Waals surface area contributed by atoms with Crippen LogP contribution in [0.5, 0.6) is 0 Å². The second kappa shape index (κ2) is 2.91. The zero-order valence-electron chi connectivity index (χ0n) is 6.83. The third kappa shape index (κ3) is 1.17. The van der Waals surface area contributed by atoms with Crippen LogP contribution in [0.1, 0.15) is 20.3 Å². The highest BCUT2D eigenvalue weighted by Crippen LogP contribution is 2.48. The first kappa shape index (κ1) is 7.81. The van der Waals surface area contributed by atoms with E-state index in [2.05, 4.69) is 24.7 Å². The minimum absolute atomic E-state index is 0.773. The van der Waals surface area contributed by atoms with Gasteiger partial charge in [0.2, 0.25) is 0 Å². The summed E-state index contributed by atoms with van der Waals surface area (Å²) < 4.78 is 0. The van der Waals surface area contributed by atoms with Crippen molar-refractivity contribution in [3.05, 3.63) is 22.0 Å². The standard InChI is InChI=1S/C9H12S2/c1-3-7-5-11-8-6(2)4-10-9(7)8/h4-5,8-9H,3H2,1-2H3. The Morgan fingerprint density at radius 2 is 2.00 bits per heavy atom. The van der Waals surface area contributed by atoms with Crippen molar-refractivity contribution in [1.82, 2.24) is 0 Å². The zero-order chi connectivity index (χ0) is 7.84. The van der Waals surface area contributed by atoms with E-state index in [0.29, 0.717) is 0 Å². The average molecular weight is 184 g/mol. The van der Waals surface area contributed by atoms with Crippen LogP contribution in [0, 0.1) is 0 Å². The van der Waals surface area contributed by atoms with Gasteiger partial charge in [0.15, 0.2) is 0 Å². The summed E-state index contributed by atoms with van der Waals surface area (Å²) in [7, 11) is 0. The predicted molar refractivity (Wildman–Crippen MR) is 54.9 cm³/mol. The fourth-order valence-electron chi connectivity index (χ4n) is 1.53. The van der Waals surface area contributed by atoms with E-state index in [4.69, 9.17) is 0 Å². The molecule has 0 aliphatic carbocycles. The Kier molecular flexibility index (Phi) is 2.06. The molecule has 2 aliphatic rings. The van der Waals surface area contributed by atoms with Crippen molar-refractivity contribution in [2.75, 3.05) is 0 Å². The van der Waals surface area contributed by atoms with Gasteiger partial charge in [-0.15, -0.1) is 23.5 Å². The first-order valence-electron chi connectivity index (χ1n) is 3.99. The van der Waals surface area contributed by atoms with Crippen molar-refractivity contribution in [3.8, 4) is 0 Å². The summed E-state index contributed by atoms with van der Waals surface area (Å²) in [5, 5.41) is 6.24. The van der Waals surface area contributed by atoms with Gasteiger partial charge >= 0.3 is 0 Å². The maximum Gasteiger partial charge on any atom is 0.0465 e. The maximum absolute atomic E-state index is 2.36. The summed E-state index contributed by atoms with van der Waals surface area (Å²) in [5.41, 5.74) is 3.20. The van der Waals surface area contributed by atoms with E-state index in [-0.39, 0.29) is 0 Å². The Balaban J connectivity index is 2.16. The summed E-state index contributed by atoms with van der Waals surface area (Å²) in [5.74, 6) is 0. The fourth-order valence-corrected chi connectivity index (χ4v) is 4.60. The third-order valence-corrected chi connectivity index (χ3v) is 5.19. The highest BCUT2D eigenvalue weighted by atomic mass is 32.2. The molecule has 0 radical (unpaired) electrons. The SMILES string of the molecule is CCC1=CSC2C(C)=CSC12. The molecule has 0 aromatic rings. The van der Waals surface area contributed by atoms with Gasteiger partial charge in [-0.3, -0.25) is 0 Å². The van der Waals surface area contributed by atoms with Gasteiger partial charge < -0.3 is 0 Å². The molecule has 0 saturated carbocycles. The molecule has 0 amide bonds. The zero-order valence-corrected chi connectivity index (χ0v) is 8.47. The van der Waals surface area contributed by atoms with Crippen LogP contribution in [0.2, 0.25) is 0 Å². The molecule has 0 nitrogen and oxygen atoms in total. The summed E-state index contributed by atoms with van der Waals surface area (Å²) in [6.07, 6.45) is 1.22. The molecule has 2 rings (SSSR count). The first-order chi connectivity index (χ1) is 5.33. The molecule has 0 saturated heterocycles. The summed E-state index contributed by atoms with van der Waals surface area (Å²) in [4.78, 5) is 0. The van der Waals surface area contributed by atoms with Crippen LogP contribution in [0.3, 0.4) is 0 Å². The lowest BCUT2D eigenvalue weighted by Gasteiger charge is -2.12. The fraction of sp³-hybridized carbons (Fsp3) is 0.556. The monoisotopic (exact) mass is 184 g/mol. The molecule has 0 aromatic heterocycles. The van der Waals surface area contributed by atoms with Crippen molar-refractivity contribution in [1.29, 1.82) is 0 Å². The molecule has 2 atom stereocenters. The average Bonchev–Trinajstić information content (AvgIpc) is 2.53. The molecule has 2 heteroatoms. The molecule has 2 unspecified atom stereocenters. The molecule has 11 heavy (non-hydrogen) atoms. The quantitative estimate of drug-likeness (QED) is 0.612. The van der Waals surface area contributed by atoms with Crippen molar-refractivity contribution in [2.45, 2.75) is 30.8 Å². The van der Waals surface area contributed by atoms with Crippen LogP contribution in [0.4, 0.5) is 0 Å². The second-order valence-electron chi connectivity index (χ2n) is 3.02. The highest BCUT2D eigenvalue weighted by molar-refractivity contribution is 8.08. The van der Waals surface area contributed by atoms with Gasteiger partial charge in [-0.2, -0.15) is 0 Å². The summed E-state index contributed by atoms with van der Waals surface area (Å²) in [6.45, 7) is 4.50. The van der Waals surface area contributed by atoms with Crippen LogP contribution < -0.4 is 0 Å². The normalized spacial score (nSPS) is 35.1. The number of hydrogen-bond acceptors (Lipinski definition) is 2. The Bertz CT molecular complexity index is 228. The molecule has 2 aliphatic heterocycles. The van der Waals surface area contributed by atoms with E-state index in [9.17, 15) is 0 Å². The molecule has 2 heterocycles. The van der Waals surface area contributed by atoms with Crippen LogP contribution in [-0.4, -0.2) is 10.5 Å². The van der Waals surface area contributed by atoms with Gasteiger partial charge in [0.1, 0.15) is 0 Å². The maximum atomic E-state index is 2.36. The number of hydrogen-bond donors (Lipinski definition) is 0. The van der Waals surface area contributed by atoms with Crippen LogP contribution in [0.25, 0.3) is 0 Å². The molecule has 0 bridgehead atoms. The Labute approximate surface area is 76.5 Å². The molecule has 0 fully saturated rings. The van der Waals surface area contributed by atoms with Crippen molar-refractivity contribution in [2.24, 2.45) is 0 Å². The number of rotatable bonds is 1. The summed E-state index contributed by atoms with van der Waals surface area (Å²) >= 11 is 4.01. The third-order valence-electron chi connectivity index (χ3n) is 2.26. The van der Waals surface area contributed by atoms with Crippen molar-refractivity contribution in [3.63, 3.8) is 0 Å². The molecule has 0 spiro atoms. The predicted octanol–water partition coefficient (Wildman–Crippen LogP) is 3.41. The Hall–Kier alpha value is 0.180. The first-order valence-corrected chi connectivity index (χ1v) is 5.88. The van der Waals surface area contributed by atoms with E-state index in [1.807, 2.05) is 23.5 Å². The Morgan fingerprint density at radius 1 is 1.27 bits per heavy atom. The second-order valence-corrected chi connectivity index (χ2v) is 5.05. The van der Waals surface area contributed by atoms with Gasteiger partial charge in [-0.25, -0.2) is 0 Å². The minimum atomic E-state index is 0.773. The van der Waals surface area contributed by atoms with Crippen molar-refractivity contribution < 1.29 is 0 Å². The number of fused-ring (bicyclic) bond motifs is 1. The van der Waals surface area contributed by atoms with Crippen LogP contribution in [0.15, 0.2) is 22.0 Å². The molecular weight excluding hydrogens is 172 g/mol.